The minimum Gasteiger partial charge on any atom is -0.387 e. The predicted molar refractivity (Wildman–Crippen MR) is 105 cm³/mol. The maximum absolute atomic E-state index is 13.2. The number of rotatable bonds is 3. The molecule has 1 fully saturated rings. The minimum atomic E-state index is -0.703. The highest BCUT2D eigenvalue weighted by atomic mass is 19.1. The van der Waals surface area contributed by atoms with E-state index in [0.29, 0.717) is 12.6 Å². The van der Waals surface area contributed by atoms with E-state index in [0.717, 1.165) is 48.4 Å². The zero-order valence-electron chi connectivity index (χ0n) is 16.1. The molecule has 5 nitrogen and oxygen atoms in total. The highest BCUT2D eigenvalue weighted by Crippen LogP contribution is 2.41. The van der Waals surface area contributed by atoms with Gasteiger partial charge in [0.25, 0.3) is 0 Å². The van der Waals surface area contributed by atoms with Gasteiger partial charge < -0.3 is 9.67 Å². The summed E-state index contributed by atoms with van der Waals surface area (Å²) < 4.78 is 15.4. The van der Waals surface area contributed by atoms with E-state index < -0.39 is 6.10 Å². The maximum atomic E-state index is 13.2. The Kier molecular flexibility index (Phi) is 4.40. The summed E-state index contributed by atoms with van der Waals surface area (Å²) in [5.74, 6) is 0.487. The van der Waals surface area contributed by atoms with Crippen molar-refractivity contribution in [3.8, 4) is 0 Å². The summed E-state index contributed by atoms with van der Waals surface area (Å²) in [6.45, 7) is 4.56. The van der Waals surface area contributed by atoms with Gasteiger partial charge in [-0.25, -0.2) is 14.4 Å². The van der Waals surface area contributed by atoms with E-state index in [1.165, 1.54) is 36.2 Å². The number of piperidine rings is 1. The van der Waals surface area contributed by atoms with E-state index in [1.54, 1.807) is 12.1 Å². The van der Waals surface area contributed by atoms with Crippen LogP contribution < -0.4 is 0 Å². The van der Waals surface area contributed by atoms with Crippen molar-refractivity contribution >= 4 is 11.0 Å². The molecule has 2 aliphatic heterocycles. The molecule has 28 heavy (non-hydrogen) atoms. The molecule has 6 heteroatoms. The third-order valence-electron chi connectivity index (χ3n) is 6.27. The van der Waals surface area contributed by atoms with Crippen LogP contribution in [0.2, 0.25) is 0 Å². The van der Waals surface area contributed by atoms with Crippen molar-refractivity contribution in [2.75, 3.05) is 13.1 Å². The lowest BCUT2D eigenvalue weighted by Gasteiger charge is -2.39. The summed E-state index contributed by atoms with van der Waals surface area (Å²) >= 11 is 0. The van der Waals surface area contributed by atoms with Gasteiger partial charge >= 0.3 is 0 Å². The van der Waals surface area contributed by atoms with Gasteiger partial charge in [-0.05, 0) is 44.0 Å². The summed E-state index contributed by atoms with van der Waals surface area (Å²) in [4.78, 5) is 11.8. The van der Waals surface area contributed by atoms with E-state index in [4.69, 9.17) is 4.98 Å². The third-order valence-corrected chi connectivity index (χ3v) is 6.27. The van der Waals surface area contributed by atoms with Crippen molar-refractivity contribution in [1.29, 1.82) is 0 Å². The topological polar surface area (TPSA) is 54.2 Å². The SMILES string of the molecule is Cc1ncc2c(n1)c1c(n2CC(O)c2ccc(F)cc2)CCN2CCCCC12. The molecule has 1 N–H and O–H groups in total. The molecule has 1 aromatic carbocycles. The number of hydrogen-bond donors (Lipinski definition) is 1. The Morgan fingerprint density at radius 2 is 2.04 bits per heavy atom. The van der Waals surface area contributed by atoms with Crippen LogP contribution in [0.3, 0.4) is 0 Å². The van der Waals surface area contributed by atoms with Gasteiger partial charge in [-0.2, -0.15) is 0 Å². The fraction of sp³-hybridized carbons (Fsp3) is 0.455. The van der Waals surface area contributed by atoms with Crippen LogP contribution in [0.25, 0.3) is 11.0 Å². The number of halogens is 1. The van der Waals surface area contributed by atoms with Crippen molar-refractivity contribution in [3.05, 3.63) is 58.9 Å². The predicted octanol–water partition coefficient (Wildman–Crippen LogP) is 3.70. The van der Waals surface area contributed by atoms with Crippen molar-refractivity contribution < 1.29 is 9.50 Å². The van der Waals surface area contributed by atoms with Gasteiger partial charge in [-0.3, -0.25) is 4.90 Å². The first-order valence-corrected chi connectivity index (χ1v) is 10.1. The normalized spacial score (nSPS) is 20.8. The second-order valence-electron chi connectivity index (χ2n) is 7.99. The first-order valence-electron chi connectivity index (χ1n) is 10.1. The molecule has 2 unspecified atom stereocenters. The van der Waals surface area contributed by atoms with Crippen LogP contribution in [0.4, 0.5) is 4.39 Å². The fourth-order valence-corrected chi connectivity index (χ4v) is 4.91. The molecule has 0 amide bonds. The van der Waals surface area contributed by atoms with Crippen LogP contribution in [-0.4, -0.2) is 37.6 Å². The monoisotopic (exact) mass is 380 g/mol. The van der Waals surface area contributed by atoms with Crippen LogP contribution in [0.5, 0.6) is 0 Å². The van der Waals surface area contributed by atoms with Crippen molar-refractivity contribution in [2.45, 2.75) is 51.3 Å². The minimum absolute atomic E-state index is 0.291. The van der Waals surface area contributed by atoms with Crippen LogP contribution in [0.15, 0.2) is 30.5 Å². The Hall–Kier alpha value is -2.31. The van der Waals surface area contributed by atoms with E-state index in [-0.39, 0.29) is 5.82 Å². The smallest absolute Gasteiger partial charge is 0.126 e. The molecule has 0 saturated carbocycles. The standard InChI is InChI=1S/C22H25FN4O/c1-14-24-12-19-22(25-14)21-17-4-2-3-10-26(17)11-9-18(21)27(19)13-20(28)15-5-7-16(23)8-6-15/h5-8,12,17,20,28H,2-4,9-11,13H2,1H3. The first kappa shape index (κ1) is 17.8. The molecule has 0 aliphatic carbocycles. The number of aryl methyl sites for hydroxylation is 1. The Labute approximate surface area is 163 Å². The molecule has 0 bridgehead atoms. The van der Waals surface area contributed by atoms with Crippen molar-refractivity contribution in [2.24, 2.45) is 0 Å². The lowest BCUT2D eigenvalue weighted by Crippen LogP contribution is -2.39. The molecule has 5 rings (SSSR count). The van der Waals surface area contributed by atoms with Gasteiger partial charge in [-0.1, -0.05) is 18.6 Å². The van der Waals surface area contributed by atoms with E-state index in [9.17, 15) is 9.50 Å². The summed E-state index contributed by atoms with van der Waals surface area (Å²) in [7, 11) is 0. The van der Waals surface area contributed by atoms with Gasteiger partial charge in [0, 0.05) is 30.3 Å². The third kappa shape index (κ3) is 2.91. The number of aliphatic hydroxyl groups excluding tert-OH is 1. The molecular weight excluding hydrogens is 355 g/mol. The van der Waals surface area contributed by atoms with Gasteiger partial charge in [0.15, 0.2) is 0 Å². The van der Waals surface area contributed by atoms with E-state index >= 15 is 0 Å². The van der Waals surface area contributed by atoms with Crippen molar-refractivity contribution in [3.63, 3.8) is 0 Å². The zero-order valence-corrected chi connectivity index (χ0v) is 16.1. The molecule has 0 spiro atoms. The number of aromatic nitrogens is 3. The Morgan fingerprint density at radius 3 is 2.86 bits per heavy atom. The van der Waals surface area contributed by atoms with Gasteiger partial charge in [0.05, 0.1) is 29.9 Å². The molecule has 3 aromatic rings. The largest absolute Gasteiger partial charge is 0.387 e. The second kappa shape index (κ2) is 6.94. The van der Waals surface area contributed by atoms with Crippen LogP contribution in [0.1, 0.15) is 54.1 Å². The quantitative estimate of drug-likeness (QED) is 0.753. The maximum Gasteiger partial charge on any atom is 0.126 e. The van der Waals surface area contributed by atoms with Crippen molar-refractivity contribution in [1.82, 2.24) is 19.4 Å². The Balaban J connectivity index is 1.60. The molecule has 1 saturated heterocycles. The highest BCUT2D eigenvalue weighted by molar-refractivity contribution is 5.82. The number of nitrogens with zero attached hydrogens (tertiary/aromatic N) is 4. The van der Waals surface area contributed by atoms with Gasteiger partial charge in [0.1, 0.15) is 11.6 Å². The van der Waals surface area contributed by atoms with E-state index in [2.05, 4.69) is 14.5 Å². The summed E-state index contributed by atoms with van der Waals surface area (Å²) in [5, 5.41) is 10.8. The second-order valence-corrected chi connectivity index (χ2v) is 7.99. The van der Waals surface area contributed by atoms with E-state index in [1.807, 2.05) is 13.1 Å². The van der Waals surface area contributed by atoms with Crippen LogP contribution >= 0.6 is 0 Å². The Morgan fingerprint density at radius 1 is 1.21 bits per heavy atom. The fourth-order valence-electron chi connectivity index (χ4n) is 4.91. The zero-order chi connectivity index (χ0) is 19.3. The molecule has 2 aliphatic rings. The molecule has 2 aromatic heterocycles. The lowest BCUT2D eigenvalue weighted by atomic mass is 9.90. The van der Waals surface area contributed by atoms with Gasteiger partial charge in [-0.15, -0.1) is 0 Å². The van der Waals surface area contributed by atoms with Gasteiger partial charge in [0.2, 0.25) is 0 Å². The van der Waals surface area contributed by atoms with Crippen LogP contribution in [0, 0.1) is 12.7 Å². The van der Waals surface area contributed by atoms with Crippen LogP contribution in [-0.2, 0) is 13.0 Å². The average Bonchev–Trinajstić information content (AvgIpc) is 3.01. The molecule has 146 valence electrons. The Bertz CT molecular complexity index is 1010. The average molecular weight is 380 g/mol. The highest BCUT2D eigenvalue weighted by Gasteiger charge is 2.35. The summed E-state index contributed by atoms with van der Waals surface area (Å²) in [5.41, 5.74) is 5.35. The molecule has 2 atom stereocenters. The number of aliphatic hydroxyl groups is 1. The number of hydrogen-bond acceptors (Lipinski definition) is 4. The molecule has 4 heterocycles. The number of benzene rings is 1. The molecule has 0 radical (unpaired) electrons. The number of fused-ring (bicyclic) bond motifs is 5. The lowest BCUT2D eigenvalue weighted by molar-refractivity contribution is 0.133. The molecular formula is C22H25FN4O. The summed E-state index contributed by atoms with van der Waals surface area (Å²) in [6, 6.07) is 6.52. The summed E-state index contributed by atoms with van der Waals surface area (Å²) in [6.07, 6.45) is 5.82. The first-order chi connectivity index (χ1) is 13.6.